The zero-order valence-corrected chi connectivity index (χ0v) is 10.1. The number of benzene rings is 1. The lowest BCUT2D eigenvalue weighted by atomic mass is 10.2. The maximum atomic E-state index is 13.4. The largest absolute Gasteiger partial charge is 0.347 e. The topological polar surface area (TPSA) is 80.0 Å². The van der Waals surface area contributed by atoms with Crippen molar-refractivity contribution in [2.75, 3.05) is 5.43 Å². The average Bonchev–Trinajstić information content (AvgIpc) is 2.46. The van der Waals surface area contributed by atoms with Gasteiger partial charge in [0.1, 0.15) is 11.5 Å². The number of hydrazine groups is 1. The Kier molecular flexibility index (Phi) is 4.04. The van der Waals surface area contributed by atoms with Gasteiger partial charge in [-0.3, -0.25) is 15.6 Å². The molecule has 0 saturated heterocycles. The molecule has 1 amide bonds. The van der Waals surface area contributed by atoms with Gasteiger partial charge in [-0.1, -0.05) is 18.2 Å². The molecule has 98 valence electrons. The summed E-state index contributed by atoms with van der Waals surface area (Å²) >= 11 is 0. The Labute approximate surface area is 109 Å². The first-order valence-corrected chi connectivity index (χ1v) is 5.65. The van der Waals surface area contributed by atoms with Gasteiger partial charge in [0.25, 0.3) is 5.91 Å². The molecule has 1 aromatic heterocycles. The summed E-state index contributed by atoms with van der Waals surface area (Å²) in [6, 6.07) is 9.41. The molecule has 0 aliphatic rings. The number of hydrogen-bond acceptors (Lipinski definition) is 4. The SMILES string of the molecule is NNc1ccnc(C(=O)NCc2ccccc2F)c1. The van der Waals surface area contributed by atoms with E-state index in [1.807, 2.05) is 0 Å². The molecular weight excluding hydrogens is 247 g/mol. The number of nitrogen functional groups attached to an aromatic ring is 1. The molecular formula is C13H13FN4O. The van der Waals surface area contributed by atoms with Gasteiger partial charge >= 0.3 is 0 Å². The van der Waals surface area contributed by atoms with Gasteiger partial charge in [-0.15, -0.1) is 0 Å². The summed E-state index contributed by atoms with van der Waals surface area (Å²) in [5.41, 5.74) is 3.64. The number of hydrogen-bond donors (Lipinski definition) is 3. The summed E-state index contributed by atoms with van der Waals surface area (Å²) in [6.07, 6.45) is 1.47. The van der Waals surface area contributed by atoms with Gasteiger partial charge in [-0.25, -0.2) is 4.39 Å². The minimum Gasteiger partial charge on any atom is -0.347 e. The zero-order chi connectivity index (χ0) is 13.7. The zero-order valence-electron chi connectivity index (χ0n) is 10.1. The van der Waals surface area contributed by atoms with Crippen molar-refractivity contribution in [1.29, 1.82) is 0 Å². The van der Waals surface area contributed by atoms with Crippen LogP contribution in [0.25, 0.3) is 0 Å². The second-order valence-corrected chi connectivity index (χ2v) is 3.85. The van der Waals surface area contributed by atoms with E-state index in [-0.39, 0.29) is 24.0 Å². The molecule has 5 nitrogen and oxygen atoms in total. The standard InChI is InChI=1S/C13H13FN4O/c14-11-4-2-1-3-9(11)8-17-13(19)12-7-10(18-15)5-6-16-12/h1-7H,8,15H2,(H,16,18)(H,17,19). The van der Waals surface area contributed by atoms with E-state index in [4.69, 9.17) is 5.84 Å². The van der Waals surface area contributed by atoms with Gasteiger partial charge in [0.2, 0.25) is 0 Å². The predicted octanol–water partition coefficient (Wildman–Crippen LogP) is 1.44. The third-order valence-corrected chi connectivity index (χ3v) is 2.56. The van der Waals surface area contributed by atoms with Crippen molar-refractivity contribution in [3.63, 3.8) is 0 Å². The normalized spacial score (nSPS) is 10.0. The monoisotopic (exact) mass is 260 g/mol. The molecule has 0 atom stereocenters. The van der Waals surface area contributed by atoms with Crippen LogP contribution in [-0.2, 0) is 6.54 Å². The first-order chi connectivity index (χ1) is 9.20. The van der Waals surface area contributed by atoms with Crippen LogP contribution in [-0.4, -0.2) is 10.9 Å². The van der Waals surface area contributed by atoms with E-state index in [9.17, 15) is 9.18 Å². The highest BCUT2D eigenvalue weighted by Gasteiger charge is 2.08. The van der Waals surface area contributed by atoms with E-state index in [0.29, 0.717) is 11.3 Å². The van der Waals surface area contributed by atoms with Crippen molar-refractivity contribution in [2.45, 2.75) is 6.54 Å². The lowest BCUT2D eigenvalue weighted by molar-refractivity contribution is 0.0945. The van der Waals surface area contributed by atoms with Gasteiger partial charge in [-0.05, 0) is 18.2 Å². The fourth-order valence-corrected chi connectivity index (χ4v) is 1.55. The third-order valence-electron chi connectivity index (χ3n) is 2.56. The van der Waals surface area contributed by atoms with E-state index in [1.54, 1.807) is 24.3 Å². The van der Waals surface area contributed by atoms with Gasteiger partial charge in [0.05, 0.1) is 5.69 Å². The van der Waals surface area contributed by atoms with Crippen LogP contribution in [0.4, 0.5) is 10.1 Å². The molecule has 1 heterocycles. The Morgan fingerprint density at radius 1 is 1.32 bits per heavy atom. The maximum absolute atomic E-state index is 13.4. The number of nitrogens with one attached hydrogen (secondary N) is 2. The van der Waals surface area contributed by atoms with Crippen LogP contribution in [0.3, 0.4) is 0 Å². The Hall–Kier alpha value is -2.47. The number of carbonyl (C=O) groups excluding carboxylic acids is 1. The lowest BCUT2D eigenvalue weighted by Gasteiger charge is -2.06. The van der Waals surface area contributed by atoms with Crippen molar-refractivity contribution in [1.82, 2.24) is 10.3 Å². The number of nitrogens with zero attached hydrogens (tertiary/aromatic N) is 1. The van der Waals surface area contributed by atoms with Gasteiger partial charge < -0.3 is 10.7 Å². The van der Waals surface area contributed by atoms with Crippen molar-refractivity contribution in [2.24, 2.45) is 5.84 Å². The van der Waals surface area contributed by atoms with Crippen LogP contribution < -0.4 is 16.6 Å². The van der Waals surface area contributed by atoms with Crippen LogP contribution in [0.2, 0.25) is 0 Å². The summed E-state index contributed by atoms with van der Waals surface area (Å²) in [7, 11) is 0. The molecule has 0 spiro atoms. The van der Waals surface area contributed by atoms with Crippen molar-refractivity contribution in [3.05, 3.63) is 59.7 Å². The molecule has 2 rings (SSSR count). The number of aromatic nitrogens is 1. The van der Waals surface area contributed by atoms with Crippen LogP contribution in [0.1, 0.15) is 16.1 Å². The Bertz CT molecular complexity index is 588. The molecule has 6 heteroatoms. The van der Waals surface area contributed by atoms with Gasteiger partial charge in [0, 0.05) is 18.3 Å². The first kappa shape index (κ1) is 13.0. The van der Waals surface area contributed by atoms with Crippen molar-refractivity contribution >= 4 is 11.6 Å². The number of anilines is 1. The molecule has 0 fully saturated rings. The number of pyridine rings is 1. The molecule has 1 aromatic carbocycles. The van der Waals surface area contributed by atoms with Crippen molar-refractivity contribution < 1.29 is 9.18 Å². The fraction of sp³-hybridized carbons (Fsp3) is 0.0769. The number of nitrogens with two attached hydrogens (primary N) is 1. The van der Waals surface area contributed by atoms with E-state index in [2.05, 4.69) is 15.7 Å². The van der Waals surface area contributed by atoms with E-state index in [1.165, 1.54) is 18.3 Å². The molecule has 0 saturated carbocycles. The Balaban J connectivity index is 2.03. The van der Waals surface area contributed by atoms with Crippen LogP contribution in [0.15, 0.2) is 42.6 Å². The quantitative estimate of drug-likeness (QED) is 0.574. The summed E-state index contributed by atoms with van der Waals surface area (Å²) in [4.78, 5) is 15.8. The summed E-state index contributed by atoms with van der Waals surface area (Å²) < 4.78 is 13.4. The van der Waals surface area contributed by atoms with Gasteiger partial charge in [-0.2, -0.15) is 0 Å². The molecule has 0 aliphatic heterocycles. The van der Waals surface area contributed by atoms with E-state index >= 15 is 0 Å². The summed E-state index contributed by atoms with van der Waals surface area (Å²) in [5, 5.41) is 2.60. The Morgan fingerprint density at radius 2 is 2.11 bits per heavy atom. The van der Waals surface area contributed by atoms with Crippen LogP contribution in [0.5, 0.6) is 0 Å². The highest BCUT2D eigenvalue weighted by atomic mass is 19.1. The first-order valence-electron chi connectivity index (χ1n) is 5.65. The average molecular weight is 260 g/mol. The number of carbonyl (C=O) groups is 1. The van der Waals surface area contributed by atoms with Crippen LogP contribution >= 0.6 is 0 Å². The lowest BCUT2D eigenvalue weighted by Crippen LogP contribution is -2.24. The van der Waals surface area contributed by atoms with E-state index in [0.717, 1.165) is 0 Å². The second kappa shape index (κ2) is 5.92. The second-order valence-electron chi connectivity index (χ2n) is 3.85. The molecule has 0 radical (unpaired) electrons. The molecule has 19 heavy (non-hydrogen) atoms. The van der Waals surface area contributed by atoms with Gasteiger partial charge in [0.15, 0.2) is 0 Å². The summed E-state index contributed by atoms with van der Waals surface area (Å²) in [6.45, 7) is 0.105. The fourth-order valence-electron chi connectivity index (χ4n) is 1.55. The molecule has 0 aliphatic carbocycles. The Morgan fingerprint density at radius 3 is 2.84 bits per heavy atom. The maximum Gasteiger partial charge on any atom is 0.270 e. The minimum absolute atomic E-state index is 0.105. The molecule has 0 bridgehead atoms. The number of rotatable bonds is 4. The molecule has 0 unspecified atom stereocenters. The van der Waals surface area contributed by atoms with Crippen LogP contribution in [0, 0.1) is 5.82 Å². The molecule has 2 aromatic rings. The number of amides is 1. The molecule has 4 N–H and O–H groups in total. The highest BCUT2D eigenvalue weighted by molar-refractivity contribution is 5.93. The minimum atomic E-state index is -0.389. The van der Waals surface area contributed by atoms with Crippen molar-refractivity contribution in [3.8, 4) is 0 Å². The predicted molar refractivity (Wildman–Crippen MR) is 69.6 cm³/mol. The third kappa shape index (κ3) is 3.26. The summed E-state index contributed by atoms with van der Waals surface area (Å²) in [5.74, 6) is 4.50. The smallest absolute Gasteiger partial charge is 0.270 e. The van der Waals surface area contributed by atoms with E-state index < -0.39 is 0 Å². The number of halogens is 1. The highest BCUT2D eigenvalue weighted by Crippen LogP contribution is 2.08.